The fourth-order valence-corrected chi connectivity index (χ4v) is 2.51. The van der Waals surface area contributed by atoms with Gasteiger partial charge in [-0.15, -0.1) is 0 Å². The van der Waals surface area contributed by atoms with E-state index in [1.54, 1.807) is 6.92 Å². The molecule has 0 fully saturated rings. The summed E-state index contributed by atoms with van der Waals surface area (Å²) in [4.78, 5) is 0. The molecule has 0 bridgehead atoms. The molecule has 1 aromatic rings. The third-order valence-electron chi connectivity index (χ3n) is 2.66. The van der Waals surface area contributed by atoms with Crippen molar-refractivity contribution >= 4 is 27.1 Å². The van der Waals surface area contributed by atoms with E-state index >= 15 is 0 Å². The average molecular weight is 276 g/mol. The number of benzene rings is 1. The summed E-state index contributed by atoms with van der Waals surface area (Å²) < 4.78 is 22.6. The standard InChI is InChI=1S/C12H18ClNO2S/c1-3-17(15,16)9-5-8-14-12-7-4-6-11(13)10(12)2/h4,6-7,14H,3,5,8-9H2,1-2H3. The van der Waals surface area contributed by atoms with Crippen LogP contribution in [0.25, 0.3) is 0 Å². The van der Waals surface area contributed by atoms with Gasteiger partial charge in [-0.1, -0.05) is 24.6 Å². The number of hydrogen-bond acceptors (Lipinski definition) is 3. The summed E-state index contributed by atoms with van der Waals surface area (Å²) in [7, 11) is -2.86. The number of anilines is 1. The predicted molar refractivity (Wildman–Crippen MR) is 73.6 cm³/mol. The molecule has 0 aliphatic heterocycles. The summed E-state index contributed by atoms with van der Waals surface area (Å²) in [5.74, 6) is 0.444. The molecule has 0 saturated carbocycles. The molecular weight excluding hydrogens is 258 g/mol. The Morgan fingerprint density at radius 3 is 2.71 bits per heavy atom. The highest BCUT2D eigenvalue weighted by Crippen LogP contribution is 2.22. The van der Waals surface area contributed by atoms with E-state index in [4.69, 9.17) is 11.6 Å². The summed E-state index contributed by atoms with van der Waals surface area (Å²) in [6.07, 6.45) is 0.613. The summed E-state index contributed by atoms with van der Waals surface area (Å²) >= 11 is 5.99. The van der Waals surface area contributed by atoms with Crippen molar-refractivity contribution in [1.82, 2.24) is 0 Å². The second kappa shape index (κ2) is 6.26. The normalized spacial score (nSPS) is 11.5. The van der Waals surface area contributed by atoms with Crippen molar-refractivity contribution in [2.75, 3.05) is 23.4 Å². The fraction of sp³-hybridized carbons (Fsp3) is 0.500. The molecule has 1 aromatic carbocycles. The van der Waals surface area contributed by atoms with Crippen LogP contribution in [0.4, 0.5) is 5.69 Å². The van der Waals surface area contributed by atoms with E-state index < -0.39 is 9.84 Å². The SMILES string of the molecule is CCS(=O)(=O)CCCNc1cccc(Cl)c1C. The number of hydrogen-bond donors (Lipinski definition) is 1. The topological polar surface area (TPSA) is 46.2 Å². The number of sulfone groups is 1. The highest BCUT2D eigenvalue weighted by molar-refractivity contribution is 7.91. The lowest BCUT2D eigenvalue weighted by atomic mass is 10.2. The fourth-order valence-electron chi connectivity index (χ4n) is 1.46. The molecule has 1 rings (SSSR count). The van der Waals surface area contributed by atoms with Gasteiger partial charge in [0.2, 0.25) is 0 Å². The van der Waals surface area contributed by atoms with Crippen LogP contribution in [-0.2, 0) is 9.84 Å². The van der Waals surface area contributed by atoms with Crippen LogP contribution in [0.15, 0.2) is 18.2 Å². The van der Waals surface area contributed by atoms with E-state index in [9.17, 15) is 8.42 Å². The lowest BCUT2D eigenvalue weighted by molar-refractivity contribution is 0.595. The lowest BCUT2D eigenvalue weighted by Crippen LogP contribution is -2.13. The van der Waals surface area contributed by atoms with Crippen LogP contribution >= 0.6 is 11.6 Å². The maximum Gasteiger partial charge on any atom is 0.150 e. The molecule has 0 amide bonds. The van der Waals surface area contributed by atoms with Crippen LogP contribution in [0.5, 0.6) is 0 Å². The summed E-state index contributed by atoms with van der Waals surface area (Å²) in [5, 5.41) is 3.92. The van der Waals surface area contributed by atoms with Gasteiger partial charge in [0.25, 0.3) is 0 Å². The molecular formula is C12H18ClNO2S. The molecule has 5 heteroatoms. The third-order valence-corrected chi connectivity index (χ3v) is 4.85. The van der Waals surface area contributed by atoms with Gasteiger partial charge in [-0.3, -0.25) is 0 Å². The van der Waals surface area contributed by atoms with Gasteiger partial charge in [0, 0.05) is 23.0 Å². The Balaban J connectivity index is 2.44. The van der Waals surface area contributed by atoms with Crippen molar-refractivity contribution in [2.24, 2.45) is 0 Å². The zero-order chi connectivity index (χ0) is 12.9. The second-order valence-electron chi connectivity index (χ2n) is 3.93. The largest absolute Gasteiger partial charge is 0.385 e. The van der Waals surface area contributed by atoms with Gasteiger partial charge in [0.1, 0.15) is 9.84 Å². The minimum absolute atomic E-state index is 0.212. The lowest BCUT2D eigenvalue weighted by Gasteiger charge is -2.10. The average Bonchev–Trinajstić information content (AvgIpc) is 2.30. The van der Waals surface area contributed by atoms with E-state index in [1.165, 1.54) is 0 Å². The Labute approximate surface area is 108 Å². The molecule has 0 spiro atoms. The molecule has 3 nitrogen and oxygen atoms in total. The van der Waals surface area contributed by atoms with Crippen molar-refractivity contribution in [2.45, 2.75) is 20.3 Å². The van der Waals surface area contributed by atoms with Crippen molar-refractivity contribution < 1.29 is 8.42 Å². The van der Waals surface area contributed by atoms with Crippen LogP contribution in [0, 0.1) is 6.92 Å². The Morgan fingerprint density at radius 2 is 2.06 bits per heavy atom. The Hall–Kier alpha value is -0.740. The van der Waals surface area contributed by atoms with Gasteiger partial charge in [0.15, 0.2) is 0 Å². The molecule has 17 heavy (non-hydrogen) atoms. The van der Waals surface area contributed by atoms with Gasteiger partial charge >= 0.3 is 0 Å². The predicted octanol–water partition coefficient (Wildman–Crippen LogP) is 2.89. The van der Waals surface area contributed by atoms with E-state index in [2.05, 4.69) is 5.32 Å². The van der Waals surface area contributed by atoms with Crippen LogP contribution in [-0.4, -0.2) is 26.5 Å². The number of halogens is 1. The molecule has 96 valence electrons. The van der Waals surface area contributed by atoms with Gasteiger partial charge < -0.3 is 5.32 Å². The molecule has 0 aromatic heterocycles. The third kappa shape index (κ3) is 4.56. The molecule has 0 saturated heterocycles. The highest BCUT2D eigenvalue weighted by atomic mass is 35.5. The van der Waals surface area contributed by atoms with E-state index in [-0.39, 0.29) is 11.5 Å². The zero-order valence-corrected chi connectivity index (χ0v) is 11.7. The molecule has 1 N–H and O–H groups in total. The maximum absolute atomic E-state index is 11.3. The van der Waals surface area contributed by atoms with Gasteiger partial charge in [0.05, 0.1) is 5.75 Å². The number of rotatable bonds is 6. The van der Waals surface area contributed by atoms with Gasteiger partial charge in [-0.05, 0) is 31.0 Å². The smallest absolute Gasteiger partial charge is 0.150 e. The van der Waals surface area contributed by atoms with Crippen LogP contribution in [0.3, 0.4) is 0 Å². The Morgan fingerprint density at radius 1 is 1.35 bits per heavy atom. The Kier molecular flexibility index (Phi) is 5.28. The van der Waals surface area contributed by atoms with Crippen molar-refractivity contribution in [3.63, 3.8) is 0 Å². The van der Waals surface area contributed by atoms with E-state index in [0.29, 0.717) is 13.0 Å². The van der Waals surface area contributed by atoms with E-state index in [1.807, 2.05) is 25.1 Å². The van der Waals surface area contributed by atoms with Gasteiger partial charge in [-0.2, -0.15) is 0 Å². The first-order valence-electron chi connectivity index (χ1n) is 5.65. The van der Waals surface area contributed by atoms with Gasteiger partial charge in [-0.25, -0.2) is 8.42 Å². The molecule has 0 atom stereocenters. The summed E-state index contributed by atoms with van der Waals surface area (Å²) in [6, 6.07) is 5.65. The van der Waals surface area contributed by atoms with Crippen LogP contribution in [0.2, 0.25) is 5.02 Å². The van der Waals surface area contributed by atoms with Crippen LogP contribution < -0.4 is 5.32 Å². The first-order chi connectivity index (χ1) is 7.96. The molecule has 0 aliphatic rings. The maximum atomic E-state index is 11.3. The minimum Gasteiger partial charge on any atom is -0.385 e. The molecule has 0 aliphatic carbocycles. The second-order valence-corrected chi connectivity index (χ2v) is 6.81. The molecule has 0 radical (unpaired) electrons. The van der Waals surface area contributed by atoms with Crippen molar-refractivity contribution in [1.29, 1.82) is 0 Å². The summed E-state index contributed by atoms with van der Waals surface area (Å²) in [6.45, 7) is 4.25. The first kappa shape index (κ1) is 14.3. The Bertz CT molecular complexity index is 471. The van der Waals surface area contributed by atoms with Crippen molar-refractivity contribution in [3.05, 3.63) is 28.8 Å². The van der Waals surface area contributed by atoms with Crippen molar-refractivity contribution in [3.8, 4) is 0 Å². The van der Waals surface area contributed by atoms with E-state index in [0.717, 1.165) is 16.3 Å². The van der Waals surface area contributed by atoms with Crippen LogP contribution in [0.1, 0.15) is 18.9 Å². The molecule has 0 unspecified atom stereocenters. The zero-order valence-electron chi connectivity index (χ0n) is 10.2. The monoisotopic (exact) mass is 275 g/mol. The first-order valence-corrected chi connectivity index (χ1v) is 7.85. The summed E-state index contributed by atoms with van der Waals surface area (Å²) in [5.41, 5.74) is 1.96. The number of nitrogens with one attached hydrogen (secondary N) is 1. The quantitative estimate of drug-likeness (QED) is 0.812. The minimum atomic E-state index is -2.86. The highest BCUT2D eigenvalue weighted by Gasteiger charge is 2.06. The molecule has 0 heterocycles.